The maximum absolute atomic E-state index is 11.9. The minimum atomic E-state index is -0.291. The van der Waals surface area contributed by atoms with Crippen LogP contribution in [-0.2, 0) is 11.3 Å². The Labute approximate surface area is 121 Å². The molecular formula is C15H16BrNO2. The Morgan fingerprint density at radius 2 is 1.89 bits per heavy atom. The molecule has 0 aliphatic rings. The van der Waals surface area contributed by atoms with Gasteiger partial charge in [0.05, 0.1) is 11.2 Å². The largest absolute Gasteiger partial charge is 0.461 e. The molecule has 0 amide bonds. The number of halogens is 1. The second-order valence-corrected chi connectivity index (χ2v) is 5.15. The van der Waals surface area contributed by atoms with E-state index in [1.807, 2.05) is 10.6 Å². The quantitative estimate of drug-likeness (QED) is 0.802. The highest BCUT2D eigenvalue weighted by Gasteiger charge is 2.15. The highest BCUT2D eigenvalue weighted by Crippen LogP contribution is 2.19. The average Bonchev–Trinajstić information content (AvgIpc) is 2.74. The topological polar surface area (TPSA) is 31.2 Å². The SMILES string of the molecule is CCOC(=O)c1ccc(Br)n1Cc1ccc(C)cc1. The third kappa shape index (κ3) is 3.26. The van der Waals surface area contributed by atoms with E-state index in [4.69, 9.17) is 4.74 Å². The zero-order chi connectivity index (χ0) is 13.8. The molecule has 19 heavy (non-hydrogen) atoms. The summed E-state index contributed by atoms with van der Waals surface area (Å²) < 4.78 is 7.83. The van der Waals surface area contributed by atoms with E-state index in [-0.39, 0.29) is 5.97 Å². The lowest BCUT2D eigenvalue weighted by atomic mass is 10.1. The Hall–Kier alpha value is -1.55. The van der Waals surface area contributed by atoms with Crippen molar-refractivity contribution in [1.29, 1.82) is 0 Å². The zero-order valence-corrected chi connectivity index (χ0v) is 12.6. The van der Waals surface area contributed by atoms with Gasteiger partial charge in [0.2, 0.25) is 0 Å². The van der Waals surface area contributed by atoms with E-state index < -0.39 is 0 Å². The van der Waals surface area contributed by atoms with Crippen molar-refractivity contribution in [3.63, 3.8) is 0 Å². The fourth-order valence-corrected chi connectivity index (χ4v) is 2.31. The summed E-state index contributed by atoms with van der Waals surface area (Å²) >= 11 is 3.46. The number of carbonyl (C=O) groups excluding carboxylic acids is 1. The molecule has 4 heteroatoms. The van der Waals surface area contributed by atoms with Crippen molar-refractivity contribution in [3.05, 3.63) is 57.8 Å². The first kappa shape index (κ1) is 13.9. The van der Waals surface area contributed by atoms with Crippen molar-refractivity contribution in [2.24, 2.45) is 0 Å². The van der Waals surface area contributed by atoms with E-state index in [9.17, 15) is 4.79 Å². The number of aryl methyl sites for hydroxylation is 1. The van der Waals surface area contributed by atoms with Crippen molar-refractivity contribution in [2.45, 2.75) is 20.4 Å². The monoisotopic (exact) mass is 321 g/mol. The molecule has 100 valence electrons. The molecule has 0 N–H and O–H groups in total. The van der Waals surface area contributed by atoms with Crippen molar-refractivity contribution in [1.82, 2.24) is 4.57 Å². The van der Waals surface area contributed by atoms with Crippen LogP contribution < -0.4 is 0 Å². The van der Waals surface area contributed by atoms with E-state index in [1.54, 1.807) is 13.0 Å². The minimum Gasteiger partial charge on any atom is -0.461 e. The number of carbonyl (C=O) groups is 1. The van der Waals surface area contributed by atoms with Crippen LogP contribution in [0.5, 0.6) is 0 Å². The van der Waals surface area contributed by atoms with Crippen molar-refractivity contribution in [2.75, 3.05) is 6.61 Å². The highest BCUT2D eigenvalue weighted by atomic mass is 79.9. The molecule has 0 spiro atoms. The smallest absolute Gasteiger partial charge is 0.354 e. The van der Waals surface area contributed by atoms with Gasteiger partial charge >= 0.3 is 5.97 Å². The van der Waals surface area contributed by atoms with Gasteiger partial charge < -0.3 is 9.30 Å². The van der Waals surface area contributed by atoms with E-state index >= 15 is 0 Å². The molecular weight excluding hydrogens is 306 g/mol. The predicted molar refractivity (Wildman–Crippen MR) is 78.4 cm³/mol. The van der Waals surface area contributed by atoms with Crippen molar-refractivity contribution in [3.8, 4) is 0 Å². The Morgan fingerprint density at radius 1 is 1.21 bits per heavy atom. The molecule has 0 aliphatic carbocycles. The molecule has 0 fully saturated rings. The van der Waals surface area contributed by atoms with Crippen LogP contribution in [0.1, 0.15) is 28.5 Å². The molecule has 0 unspecified atom stereocenters. The number of esters is 1. The normalized spacial score (nSPS) is 10.5. The van der Waals surface area contributed by atoms with Crippen LogP contribution in [0.2, 0.25) is 0 Å². The first-order valence-corrected chi connectivity index (χ1v) is 6.99. The van der Waals surface area contributed by atoms with Gasteiger partial charge in [0, 0.05) is 6.54 Å². The van der Waals surface area contributed by atoms with Crippen molar-refractivity contribution >= 4 is 21.9 Å². The number of aromatic nitrogens is 1. The number of hydrogen-bond acceptors (Lipinski definition) is 2. The van der Waals surface area contributed by atoms with E-state index in [0.29, 0.717) is 18.8 Å². The van der Waals surface area contributed by atoms with Crippen LogP contribution in [0.15, 0.2) is 41.0 Å². The molecule has 0 saturated carbocycles. The van der Waals surface area contributed by atoms with Gasteiger partial charge in [-0.2, -0.15) is 0 Å². The van der Waals surface area contributed by atoms with Gasteiger partial charge in [0.25, 0.3) is 0 Å². The summed E-state index contributed by atoms with van der Waals surface area (Å²) in [5, 5.41) is 0. The molecule has 2 aromatic rings. The van der Waals surface area contributed by atoms with Crippen LogP contribution >= 0.6 is 15.9 Å². The molecule has 0 saturated heterocycles. The standard InChI is InChI=1S/C15H16BrNO2/c1-3-19-15(18)13-8-9-14(16)17(13)10-12-6-4-11(2)5-7-12/h4-9H,3,10H2,1-2H3. The Balaban J connectivity index is 2.26. The average molecular weight is 322 g/mol. The summed E-state index contributed by atoms with van der Waals surface area (Å²) in [4.78, 5) is 11.9. The maximum Gasteiger partial charge on any atom is 0.354 e. The van der Waals surface area contributed by atoms with Gasteiger partial charge in [-0.15, -0.1) is 0 Å². The highest BCUT2D eigenvalue weighted by molar-refractivity contribution is 9.10. The molecule has 1 aromatic heterocycles. The lowest BCUT2D eigenvalue weighted by molar-refractivity contribution is 0.0514. The first-order chi connectivity index (χ1) is 9.11. The summed E-state index contributed by atoms with van der Waals surface area (Å²) in [6.45, 7) is 4.88. The van der Waals surface area contributed by atoms with Crippen LogP contribution in [-0.4, -0.2) is 17.1 Å². The third-order valence-corrected chi connectivity index (χ3v) is 3.57. The minimum absolute atomic E-state index is 0.291. The van der Waals surface area contributed by atoms with E-state index in [2.05, 4.69) is 47.1 Å². The molecule has 0 aliphatic heterocycles. The Bertz CT molecular complexity index is 572. The summed E-state index contributed by atoms with van der Waals surface area (Å²) in [5.74, 6) is -0.291. The number of hydrogen-bond donors (Lipinski definition) is 0. The fraction of sp³-hybridized carbons (Fsp3) is 0.267. The number of benzene rings is 1. The van der Waals surface area contributed by atoms with Crippen LogP contribution in [0.25, 0.3) is 0 Å². The van der Waals surface area contributed by atoms with Crippen LogP contribution in [0.3, 0.4) is 0 Å². The second-order valence-electron chi connectivity index (χ2n) is 4.33. The van der Waals surface area contributed by atoms with Crippen molar-refractivity contribution < 1.29 is 9.53 Å². The van der Waals surface area contributed by atoms with Gasteiger partial charge in [-0.1, -0.05) is 29.8 Å². The van der Waals surface area contributed by atoms with Gasteiger partial charge in [-0.05, 0) is 47.5 Å². The Kier molecular flexibility index (Phi) is 4.43. The molecule has 0 atom stereocenters. The summed E-state index contributed by atoms with van der Waals surface area (Å²) in [5.41, 5.74) is 2.93. The molecule has 0 bridgehead atoms. The van der Waals surface area contributed by atoms with Gasteiger partial charge in [0.1, 0.15) is 5.69 Å². The lowest BCUT2D eigenvalue weighted by Gasteiger charge is -2.10. The van der Waals surface area contributed by atoms with Gasteiger partial charge in [-0.3, -0.25) is 0 Å². The first-order valence-electron chi connectivity index (χ1n) is 6.19. The summed E-state index contributed by atoms with van der Waals surface area (Å²) in [6.07, 6.45) is 0. The number of nitrogens with zero attached hydrogens (tertiary/aromatic N) is 1. The fourth-order valence-electron chi connectivity index (χ4n) is 1.86. The predicted octanol–water partition coefficient (Wildman–Crippen LogP) is 3.78. The molecule has 1 heterocycles. The van der Waals surface area contributed by atoms with Gasteiger partial charge in [0.15, 0.2) is 0 Å². The molecule has 3 nitrogen and oxygen atoms in total. The molecule has 2 rings (SSSR count). The molecule has 0 radical (unpaired) electrons. The summed E-state index contributed by atoms with van der Waals surface area (Å²) in [7, 11) is 0. The van der Waals surface area contributed by atoms with E-state index in [0.717, 1.165) is 10.2 Å². The second kappa shape index (κ2) is 6.06. The van der Waals surface area contributed by atoms with Crippen LogP contribution in [0.4, 0.5) is 0 Å². The molecule has 1 aromatic carbocycles. The number of rotatable bonds is 4. The van der Waals surface area contributed by atoms with Crippen LogP contribution in [0, 0.1) is 6.92 Å². The number of ether oxygens (including phenoxy) is 1. The maximum atomic E-state index is 11.9. The Morgan fingerprint density at radius 3 is 2.53 bits per heavy atom. The lowest BCUT2D eigenvalue weighted by Crippen LogP contribution is -2.13. The van der Waals surface area contributed by atoms with E-state index in [1.165, 1.54) is 5.56 Å². The third-order valence-electron chi connectivity index (χ3n) is 2.87. The zero-order valence-electron chi connectivity index (χ0n) is 11.0. The van der Waals surface area contributed by atoms with Gasteiger partial charge in [-0.25, -0.2) is 4.79 Å². The summed E-state index contributed by atoms with van der Waals surface area (Å²) in [6, 6.07) is 11.9.